The number of hydrogen-bond donors (Lipinski definition) is 1. The van der Waals surface area contributed by atoms with Crippen LogP contribution in [0.5, 0.6) is 5.75 Å². The van der Waals surface area contributed by atoms with Crippen LogP contribution in [0.25, 0.3) is 0 Å². The van der Waals surface area contributed by atoms with Crippen LogP contribution in [0.4, 0.5) is 14.9 Å². The topological polar surface area (TPSA) is 76.1 Å². The minimum atomic E-state index is -1.23. The molecule has 7 heteroatoms. The number of ether oxygens (including phenoxy) is 2. The predicted molar refractivity (Wildman–Crippen MR) is 67.4 cm³/mol. The number of benzene rings is 1. The van der Waals surface area contributed by atoms with Crippen molar-refractivity contribution < 1.29 is 28.6 Å². The number of halogens is 1. The fraction of sp³-hybridized carbons (Fsp3) is 0.385. The van der Waals surface area contributed by atoms with Gasteiger partial charge in [0.25, 0.3) is 0 Å². The van der Waals surface area contributed by atoms with Crippen LogP contribution < -0.4 is 9.64 Å². The molecule has 0 spiro atoms. The highest BCUT2D eigenvalue weighted by Gasteiger charge is 2.34. The molecular weight excluding hydrogens is 269 g/mol. The van der Waals surface area contributed by atoms with Crippen LogP contribution in [0.3, 0.4) is 0 Å². The Bertz CT molecular complexity index is 533. The number of carbonyl (C=O) groups excluding carboxylic acids is 1. The Labute approximate surface area is 114 Å². The predicted octanol–water partition coefficient (Wildman–Crippen LogP) is 2.02. The van der Waals surface area contributed by atoms with Crippen molar-refractivity contribution >= 4 is 17.7 Å². The molecule has 6 nitrogen and oxygen atoms in total. The molecule has 0 radical (unpaired) electrons. The Balaban J connectivity index is 2.26. The van der Waals surface area contributed by atoms with Crippen LogP contribution in [-0.2, 0) is 9.53 Å². The molecule has 1 aliphatic heterocycles. The first kappa shape index (κ1) is 14.1. The van der Waals surface area contributed by atoms with Gasteiger partial charge in [-0.25, -0.2) is 9.18 Å². The first-order valence-electron chi connectivity index (χ1n) is 6.13. The number of anilines is 1. The maximum Gasteiger partial charge on any atom is 0.412 e. The number of carbonyl (C=O) groups is 2. The maximum absolute atomic E-state index is 13.1. The van der Waals surface area contributed by atoms with E-state index in [2.05, 4.69) is 0 Å². The van der Waals surface area contributed by atoms with Gasteiger partial charge in [0.05, 0.1) is 24.8 Å². The van der Waals surface area contributed by atoms with Gasteiger partial charge >= 0.3 is 12.1 Å². The van der Waals surface area contributed by atoms with E-state index in [4.69, 9.17) is 9.47 Å². The van der Waals surface area contributed by atoms with Gasteiger partial charge in [0.1, 0.15) is 18.2 Å². The fourth-order valence-electron chi connectivity index (χ4n) is 2.08. The zero-order chi connectivity index (χ0) is 14.7. The van der Waals surface area contributed by atoms with Crippen LogP contribution in [0.2, 0.25) is 0 Å². The molecule has 0 saturated heterocycles. The Morgan fingerprint density at radius 1 is 1.55 bits per heavy atom. The molecule has 20 heavy (non-hydrogen) atoms. The van der Waals surface area contributed by atoms with Gasteiger partial charge in [-0.15, -0.1) is 0 Å². The van der Waals surface area contributed by atoms with Crippen LogP contribution >= 0.6 is 0 Å². The van der Waals surface area contributed by atoms with E-state index in [1.165, 1.54) is 6.07 Å². The lowest BCUT2D eigenvalue weighted by atomic mass is 10.1. The molecule has 0 aliphatic carbocycles. The van der Waals surface area contributed by atoms with Gasteiger partial charge in [-0.1, -0.05) is 0 Å². The smallest absolute Gasteiger partial charge is 0.412 e. The third-order valence-corrected chi connectivity index (χ3v) is 2.89. The third-order valence-electron chi connectivity index (χ3n) is 2.89. The van der Waals surface area contributed by atoms with Crippen LogP contribution in [-0.4, -0.2) is 36.4 Å². The van der Waals surface area contributed by atoms with E-state index in [-0.39, 0.29) is 31.1 Å². The number of esters is 1. The molecule has 1 atom stereocenters. The summed E-state index contributed by atoms with van der Waals surface area (Å²) in [5.74, 6) is -0.872. The van der Waals surface area contributed by atoms with Crippen molar-refractivity contribution in [3.05, 3.63) is 24.0 Å². The number of amides is 1. The van der Waals surface area contributed by atoms with Crippen molar-refractivity contribution in [2.45, 2.75) is 19.4 Å². The van der Waals surface area contributed by atoms with Crippen molar-refractivity contribution in [1.29, 1.82) is 0 Å². The lowest BCUT2D eigenvalue weighted by molar-refractivity contribution is -0.143. The molecule has 0 aromatic heterocycles. The zero-order valence-corrected chi connectivity index (χ0v) is 10.8. The van der Waals surface area contributed by atoms with E-state index >= 15 is 0 Å². The molecule has 0 saturated carbocycles. The minimum absolute atomic E-state index is 0.0262. The monoisotopic (exact) mass is 283 g/mol. The maximum atomic E-state index is 13.1. The molecule has 1 N–H and O–H groups in total. The summed E-state index contributed by atoms with van der Waals surface area (Å²) in [6, 6.07) is 2.89. The van der Waals surface area contributed by atoms with E-state index in [0.717, 1.165) is 17.0 Å². The van der Waals surface area contributed by atoms with E-state index in [9.17, 15) is 19.1 Å². The van der Waals surface area contributed by atoms with Gasteiger partial charge in [-0.2, -0.15) is 0 Å². The Morgan fingerprint density at radius 3 is 2.95 bits per heavy atom. The average molecular weight is 283 g/mol. The second kappa shape index (κ2) is 5.77. The molecule has 2 rings (SSSR count). The van der Waals surface area contributed by atoms with E-state index in [1.54, 1.807) is 6.92 Å². The molecule has 0 fully saturated rings. The molecule has 1 aromatic carbocycles. The third kappa shape index (κ3) is 2.81. The Morgan fingerprint density at radius 2 is 2.30 bits per heavy atom. The number of rotatable bonds is 3. The Hall–Kier alpha value is -2.31. The van der Waals surface area contributed by atoms with Gasteiger partial charge in [-0.05, 0) is 19.1 Å². The van der Waals surface area contributed by atoms with Crippen molar-refractivity contribution in [3.63, 3.8) is 0 Å². The number of nitrogens with zero attached hydrogens (tertiary/aromatic N) is 1. The summed E-state index contributed by atoms with van der Waals surface area (Å²) >= 11 is 0. The molecule has 1 heterocycles. The van der Waals surface area contributed by atoms with Crippen molar-refractivity contribution in [1.82, 2.24) is 0 Å². The van der Waals surface area contributed by atoms with E-state index < -0.39 is 23.9 Å². The van der Waals surface area contributed by atoms with Crippen LogP contribution in [0.1, 0.15) is 13.3 Å². The summed E-state index contributed by atoms with van der Waals surface area (Å²) in [6.07, 6.45) is -1.34. The highest BCUT2D eigenvalue weighted by atomic mass is 19.1. The minimum Gasteiger partial charge on any atom is -0.489 e. The largest absolute Gasteiger partial charge is 0.489 e. The normalized spacial score (nSPS) is 17.1. The van der Waals surface area contributed by atoms with Crippen LogP contribution in [0, 0.1) is 5.82 Å². The van der Waals surface area contributed by atoms with Gasteiger partial charge in [0, 0.05) is 6.07 Å². The van der Waals surface area contributed by atoms with Crippen LogP contribution in [0.15, 0.2) is 18.2 Å². The summed E-state index contributed by atoms with van der Waals surface area (Å²) in [4.78, 5) is 23.9. The zero-order valence-electron chi connectivity index (χ0n) is 10.8. The number of carboxylic acid groups (broad SMARTS) is 1. The number of hydrogen-bond acceptors (Lipinski definition) is 4. The summed E-state index contributed by atoms with van der Waals surface area (Å²) in [7, 11) is 0. The standard InChI is InChI=1S/C13H14FNO5/c1-2-19-12(16)6-9-7-20-11-5-8(14)3-4-10(11)15(9)13(17)18/h3-5,9H,2,6-7H2,1H3,(H,17,18). The van der Waals surface area contributed by atoms with Crippen molar-refractivity contribution in [2.24, 2.45) is 0 Å². The summed E-state index contributed by atoms with van der Waals surface area (Å²) in [5.41, 5.74) is 0.222. The molecule has 1 amide bonds. The summed E-state index contributed by atoms with van der Waals surface area (Å²) in [5, 5.41) is 9.29. The highest BCUT2D eigenvalue weighted by molar-refractivity contribution is 5.90. The van der Waals surface area contributed by atoms with E-state index in [1.807, 2.05) is 0 Å². The van der Waals surface area contributed by atoms with Gasteiger partial charge in [-0.3, -0.25) is 9.69 Å². The molecule has 1 unspecified atom stereocenters. The number of fused-ring (bicyclic) bond motifs is 1. The molecule has 108 valence electrons. The van der Waals surface area contributed by atoms with Gasteiger partial charge < -0.3 is 14.6 Å². The van der Waals surface area contributed by atoms with Gasteiger partial charge in [0.15, 0.2) is 0 Å². The first-order valence-corrected chi connectivity index (χ1v) is 6.13. The lowest BCUT2D eigenvalue weighted by Crippen LogP contribution is -2.47. The van der Waals surface area contributed by atoms with Crippen molar-refractivity contribution in [2.75, 3.05) is 18.1 Å². The SMILES string of the molecule is CCOC(=O)CC1COc2cc(F)ccc2N1C(=O)O. The summed E-state index contributed by atoms with van der Waals surface area (Å²) in [6.45, 7) is 1.87. The highest BCUT2D eigenvalue weighted by Crippen LogP contribution is 2.35. The Kier molecular flexibility index (Phi) is 4.07. The second-order valence-corrected chi connectivity index (χ2v) is 4.24. The first-order chi connectivity index (χ1) is 9.52. The quantitative estimate of drug-likeness (QED) is 0.859. The lowest BCUT2D eigenvalue weighted by Gasteiger charge is -2.34. The second-order valence-electron chi connectivity index (χ2n) is 4.24. The molecular formula is C13H14FNO5. The van der Waals surface area contributed by atoms with E-state index in [0.29, 0.717) is 0 Å². The molecule has 1 aromatic rings. The summed E-state index contributed by atoms with van der Waals surface area (Å²) < 4.78 is 23.2. The fourth-order valence-corrected chi connectivity index (χ4v) is 2.08. The molecule has 0 bridgehead atoms. The average Bonchev–Trinajstić information content (AvgIpc) is 2.38. The van der Waals surface area contributed by atoms with Gasteiger partial charge in [0.2, 0.25) is 0 Å². The van der Waals surface area contributed by atoms with Crippen molar-refractivity contribution in [3.8, 4) is 5.75 Å². The molecule has 1 aliphatic rings.